The van der Waals surface area contributed by atoms with E-state index in [0.29, 0.717) is 47.1 Å². The smallest absolute Gasteiger partial charge is 0.257 e. The van der Waals surface area contributed by atoms with Gasteiger partial charge in [-0.05, 0) is 18.2 Å². The summed E-state index contributed by atoms with van der Waals surface area (Å²) in [5.41, 5.74) is 0.915. The van der Waals surface area contributed by atoms with Gasteiger partial charge in [-0.25, -0.2) is 9.97 Å². The Kier molecular flexibility index (Phi) is 4.87. The summed E-state index contributed by atoms with van der Waals surface area (Å²) in [6.45, 7) is 6.94. The number of carbonyl (C=O) groups excluding carboxylic acids is 1. The van der Waals surface area contributed by atoms with Crippen LogP contribution in [0.15, 0.2) is 36.7 Å². The Morgan fingerprint density at radius 2 is 1.86 bits per heavy atom. The molecule has 1 aromatic carbocycles. The number of halogens is 1. The minimum atomic E-state index is -0.360. The second-order valence-electron chi connectivity index (χ2n) is 7.56. The van der Waals surface area contributed by atoms with Gasteiger partial charge in [0.15, 0.2) is 11.5 Å². The van der Waals surface area contributed by atoms with Gasteiger partial charge < -0.3 is 14.8 Å². The van der Waals surface area contributed by atoms with Crippen LogP contribution in [-0.4, -0.2) is 38.9 Å². The summed E-state index contributed by atoms with van der Waals surface area (Å²) in [6, 6.07) is 6.69. The highest BCUT2D eigenvalue weighted by Gasteiger charge is 2.24. The molecule has 0 spiro atoms. The Bertz CT molecular complexity index is 1060. The largest absolute Gasteiger partial charge is 0.486 e. The van der Waals surface area contributed by atoms with Crippen molar-refractivity contribution < 1.29 is 14.3 Å². The van der Waals surface area contributed by atoms with Gasteiger partial charge in [-0.2, -0.15) is 9.78 Å². The van der Waals surface area contributed by atoms with E-state index < -0.39 is 0 Å². The summed E-state index contributed by atoms with van der Waals surface area (Å²) < 4.78 is 12.6. The molecule has 3 heterocycles. The van der Waals surface area contributed by atoms with Crippen LogP contribution in [-0.2, 0) is 5.41 Å². The fourth-order valence-electron chi connectivity index (χ4n) is 2.82. The Morgan fingerprint density at radius 1 is 1.14 bits per heavy atom. The number of hydrogen-bond acceptors (Lipinski definition) is 6. The topological polar surface area (TPSA) is 91.2 Å². The standard InChI is InChI=1S/C20H20ClN5O3/c1-20(2,3)15-11-16(26(25-15)19-22-5-4-6-23-19)24-18(27)12-9-13(21)17-14(10-12)28-7-8-29-17/h4-6,9-11H,7-8H2,1-3H3,(H,24,27). The average molecular weight is 414 g/mol. The third-order valence-corrected chi connectivity index (χ3v) is 4.60. The van der Waals surface area contributed by atoms with Crippen molar-refractivity contribution in [2.45, 2.75) is 26.2 Å². The van der Waals surface area contributed by atoms with Crippen molar-refractivity contribution in [3.8, 4) is 17.4 Å². The molecule has 0 saturated carbocycles. The zero-order valence-electron chi connectivity index (χ0n) is 16.3. The quantitative estimate of drug-likeness (QED) is 0.704. The highest BCUT2D eigenvalue weighted by Crippen LogP contribution is 2.38. The molecule has 0 radical (unpaired) electrons. The van der Waals surface area contributed by atoms with Crippen molar-refractivity contribution in [3.63, 3.8) is 0 Å². The molecule has 0 fully saturated rings. The monoisotopic (exact) mass is 413 g/mol. The van der Waals surface area contributed by atoms with E-state index in [1.807, 2.05) is 26.8 Å². The van der Waals surface area contributed by atoms with Crippen LogP contribution in [0.25, 0.3) is 5.95 Å². The predicted molar refractivity (Wildman–Crippen MR) is 108 cm³/mol. The van der Waals surface area contributed by atoms with E-state index >= 15 is 0 Å². The lowest BCUT2D eigenvalue weighted by Crippen LogP contribution is -2.19. The van der Waals surface area contributed by atoms with E-state index in [1.54, 1.807) is 30.6 Å². The van der Waals surface area contributed by atoms with Crippen LogP contribution >= 0.6 is 11.6 Å². The van der Waals surface area contributed by atoms with Crippen LogP contribution in [0, 0.1) is 0 Å². The van der Waals surface area contributed by atoms with Gasteiger partial charge in [-0.3, -0.25) is 4.79 Å². The molecule has 2 aromatic heterocycles. The van der Waals surface area contributed by atoms with E-state index in [-0.39, 0.29) is 11.3 Å². The Labute approximate surface area is 172 Å². The number of fused-ring (bicyclic) bond motifs is 1. The third-order valence-electron chi connectivity index (χ3n) is 4.32. The number of anilines is 1. The molecule has 150 valence electrons. The Morgan fingerprint density at radius 3 is 2.59 bits per heavy atom. The molecule has 0 unspecified atom stereocenters. The first-order valence-electron chi connectivity index (χ1n) is 9.11. The highest BCUT2D eigenvalue weighted by molar-refractivity contribution is 6.32. The molecule has 1 amide bonds. The van der Waals surface area contributed by atoms with Crippen LogP contribution < -0.4 is 14.8 Å². The lowest BCUT2D eigenvalue weighted by atomic mass is 9.92. The number of hydrogen-bond donors (Lipinski definition) is 1. The maximum Gasteiger partial charge on any atom is 0.257 e. The molecule has 0 aliphatic carbocycles. The number of amides is 1. The molecule has 9 heteroatoms. The van der Waals surface area contributed by atoms with Crippen molar-refractivity contribution in [1.29, 1.82) is 0 Å². The lowest BCUT2D eigenvalue weighted by Gasteiger charge is -2.20. The number of benzene rings is 1. The molecule has 4 rings (SSSR count). The number of carbonyl (C=O) groups is 1. The SMILES string of the molecule is CC(C)(C)c1cc(NC(=O)c2cc(Cl)c3c(c2)OCCO3)n(-c2ncccn2)n1. The summed E-state index contributed by atoms with van der Waals surface area (Å²) >= 11 is 6.26. The van der Waals surface area contributed by atoms with E-state index in [2.05, 4.69) is 20.4 Å². The van der Waals surface area contributed by atoms with Crippen LogP contribution in [0.5, 0.6) is 11.5 Å². The number of nitrogens with zero attached hydrogens (tertiary/aromatic N) is 4. The minimum absolute atomic E-state index is 0.222. The van der Waals surface area contributed by atoms with E-state index in [9.17, 15) is 4.79 Å². The first-order chi connectivity index (χ1) is 13.8. The van der Waals surface area contributed by atoms with Crippen LogP contribution in [0.3, 0.4) is 0 Å². The zero-order valence-corrected chi connectivity index (χ0v) is 17.0. The highest BCUT2D eigenvalue weighted by atomic mass is 35.5. The molecule has 1 aliphatic rings. The molecule has 0 saturated heterocycles. The van der Waals surface area contributed by atoms with Gasteiger partial charge in [0.1, 0.15) is 19.0 Å². The summed E-state index contributed by atoms with van der Waals surface area (Å²) in [7, 11) is 0. The predicted octanol–water partition coefficient (Wildman–Crippen LogP) is 3.64. The van der Waals surface area contributed by atoms with E-state index in [4.69, 9.17) is 21.1 Å². The zero-order chi connectivity index (χ0) is 20.6. The summed E-state index contributed by atoms with van der Waals surface area (Å²) in [4.78, 5) is 21.4. The maximum atomic E-state index is 12.9. The van der Waals surface area contributed by atoms with Crippen molar-refractivity contribution in [2.24, 2.45) is 0 Å². The van der Waals surface area contributed by atoms with Crippen molar-refractivity contribution >= 4 is 23.3 Å². The van der Waals surface area contributed by atoms with Gasteiger partial charge in [0.25, 0.3) is 11.9 Å². The molecule has 0 bridgehead atoms. The second kappa shape index (κ2) is 7.36. The summed E-state index contributed by atoms with van der Waals surface area (Å²) in [5.74, 6) is 1.36. The molecular formula is C20H20ClN5O3. The fourth-order valence-corrected chi connectivity index (χ4v) is 3.09. The molecule has 29 heavy (non-hydrogen) atoms. The Hall–Kier alpha value is -3.13. The van der Waals surface area contributed by atoms with Gasteiger partial charge in [-0.1, -0.05) is 32.4 Å². The van der Waals surface area contributed by atoms with Gasteiger partial charge in [0.2, 0.25) is 0 Å². The number of nitrogens with one attached hydrogen (secondary N) is 1. The first-order valence-corrected chi connectivity index (χ1v) is 9.49. The van der Waals surface area contributed by atoms with Crippen molar-refractivity contribution in [3.05, 3.63) is 52.9 Å². The summed E-state index contributed by atoms with van der Waals surface area (Å²) in [6.07, 6.45) is 3.24. The second-order valence-corrected chi connectivity index (χ2v) is 7.97. The number of ether oxygens (including phenoxy) is 2. The number of rotatable bonds is 3. The summed E-state index contributed by atoms with van der Waals surface area (Å²) in [5, 5.41) is 7.79. The van der Waals surface area contributed by atoms with Gasteiger partial charge in [-0.15, -0.1) is 0 Å². The fraction of sp³-hybridized carbons (Fsp3) is 0.300. The van der Waals surface area contributed by atoms with Crippen LogP contribution in [0.2, 0.25) is 5.02 Å². The van der Waals surface area contributed by atoms with E-state index in [0.717, 1.165) is 5.69 Å². The lowest BCUT2D eigenvalue weighted by molar-refractivity contribution is 0.102. The van der Waals surface area contributed by atoms with Crippen molar-refractivity contribution in [2.75, 3.05) is 18.5 Å². The van der Waals surface area contributed by atoms with Crippen LogP contribution in [0.4, 0.5) is 5.82 Å². The van der Waals surface area contributed by atoms with Gasteiger partial charge in [0, 0.05) is 29.4 Å². The van der Waals surface area contributed by atoms with Crippen LogP contribution in [0.1, 0.15) is 36.8 Å². The molecule has 8 nitrogen and oxygen atoms in total. The normalized spacial score (nSPS) is 13.2. The van der Waals surface area contributed by atoms with Gasteiger partial charge >= 0.3 is 0 Å². The molecule has 1 aliphatic heterocycles. The van der Waals surface area contributed by atoms with E-state index in [1.165, 1.54) is 4.68 Å². The maximum absolute atomic E-state index is 12.9. The third kappa shape index (κ3) is 3.88. The first kappa shape index (κ1) is 19.2. The molecule has 3 aromatic rings. The van der Waals surface area contributed by atoms with Crippen molar-refractivity contribution in [1.82, 2.24) is 19.7 Å². The molecule has 0 atom stereocenters. The average Bonchev–Trinajstić information content (AvgIpc) is 3.13. The number of aromatic nitrogens is 4. The minimum Gasteiger partial charge on any atom is -0.486 e. The Balaban J connectivity index is 1.69. The molecule has 1 N–H and O–H groups in total. The van der Waals surface area contributed by atoms with Gasteiger partial charge in [0.05, 0.1) is 10.7 Å². The molecular weight excluding hydrogens is 394 g/mol.